The Labute approximate surface area is 119 Å². The lowest BCUT2D eigenvalue weighted by Crippen LogP contribution is -2.49. The zero-order valence-electron chi connectivity index (χ0n) is 21.0. The average molecular weight is 251 g/mol. The number of likely N-dealkylation sites (N-methyl/N-ethyl adjacent to an activating group) is 1. The highest BCUT2D eigenvalue weighted by Gasteiger charge is 2.40. The van der Waals surface area contributed by atoms with Gasteiger partial charge in [-0.1, -0.05) is 36.1 Å². The molecule has 2 rings (SSSR count). The van der Waals surface area contributed by atoms with Crippen LogP contribution in [-0.2, 0) is 10.3 Å². The van der Waals surface area contributed by atoms with Gasteiger partial charge < -0.3 is 5.32 Å². The summed E-state index contributed by atoms with van der Waals surface area (Å²) in [4.78, 5) is 13.2. The second-order valence-electron chi connectivity index (χ2n) is 3.15. The third-order valence-corrected chi connectivity index (χ3v) is 2.57. The summed E-state index contributed by atoms with van der Waals surface area (Å²) in [5.74, 6) is -1.74. The zero-order chi connectivity index (χ0) is 23.0. The Morgan fingerprint density at radius 3 is 3.19 bits per heavy atom. The molecule has 0 aromatic heterocycles. The summed E-state index contributed by atoms with van der Waals surface area (Å²) in [6.07, 6.45) is -11.3. The second kappa shape index (κ2) is 4.56. The van der Waals surface area contributed by atoms with Gasteiger partial charge in [0.25, 0.3) is 0 Å². The third-order valence-electron chi connectivity index (χ3n) is 2.29. The molecule has 1 atom stereocenters. The summed E-state index contributed by atoms with van der Waals surface area (Å²) in [6, 6.07) is -3.49. The van der Waals surface area contributed by atoms with Crippen LogP contribution < -0.4 is 5.32 Å². The molecule has 86 valence electrons. The van der Waals surface area contributed by atoms with E-state index in [0.717, 1.165) is 0 Å². The number of nitrogens with one attached hydrogen (secondary N) is 1. The molecule has 1 saturated carbocycles. The van der Waals surface area contributed by atoms with E-state index < -0.39 is 78.6 Å². The van der Waals surface area contributed by atoms with Crippen LogP contribution in [0.15, 0.2) is 24.2 Å². The first kappa shape index (κ1) is 3.56. The molecule has 0 amide bonds. The van der Waals surface area contributed by atoms with E-state index in [1.807, 2.05) is 5.32 Å². The minimum atomic E-state index is -3.56. The van der Waals surface area contributed by atoms with Crippen molar-refractivity contribution in [2.24, 2.45) is 0 Å². The monoisotopic (exact) mass is 250 g/mol. The normalized spacial score (nSPS) is 47.8. The standard InChI is InChI=1S/C13H16ClNO/c1-15-13(9-5-4-8-12(13)16)10-6-2-3-7-11(10)14/h2-3,6-7,15H,4-5,8-9H2,1H3/i1D3,2D,3D,4D2,5D2,6D,7D,8D2. The van der Waals surface area contributed by atoms with Crippen LogP contribution in [0.1, 0.15) is 48.9 Å². The van der Waals surface area contributed by atoms with E-state index in [9.17, 15) is 4.79 Å². The topological polar surface area (TPSA) is 29.1 Å². The van der Waals surface area contributed by atoms with Crippen molar-refractivity contribution in [3.8, 4) is 0 Å². The quantitative estimate of drug-likeness (QED) is 0.875. The summed E-state index contributed by atoms with van der Waals surface area (Å²) in [7, 11) is 0. The number of carbonyl (C=O) groups is 1. The van der Waals surface area contributed by atoms with Gasteiger partial charge >= 0.3 is 0 Å². The molecule has 1 aliphatic carbocycles. The van der Waals surface area contributed by atoms with Crippen LogP contribution in [0.3, 0.4) is 0 Å². The summed E-state index contributed by atoms with van der Waals surface area (Å²) in [5.41, 5.74) is -3.74. The maximum absolute atomic E-state index is 13.2. The van der Waals surface area contributed by atoms with Gasteiger partial charge in [-0.15, -0.1) is 0 Å². The Hall–Kier alpha value is -0.860. The van der Waals surface area contributed by atoms with Gasteiger partial charge in [0.05, 0.1) is 5.48 Å². The lowest BCUT2D eigenvalue weighted by Gasteiger charge is -2.36. The first-order chi connectivity index (χ1) is 12.7. The molecule has 0 bridgehead atoms. The van der Waals surface area contributed by atoms with Crippen molar-refractivity contribution in [2.45, 2.75) is 31.1 Å². The van der Waals surface area contributed by atoms with E-state index in [2.05, 4.69) is 0 Å². The van der Waals surface area contributed by atoms with Crippen LogP contribution in [0.4, 0.5) is 0 Å². The van der Waals surface area contributed by atoms with Gasteiger partial charge in [0, 0.05) is 23.7 Å². The summed E-state index contributed by atoms with van der Waals surface area (Å²) in [6.45, 7) is -3.20. The highest BCUT2D eigenvalue weighted by molar-refractivity contribution is 6.31. The molecule has 1 aromatic carbocycles. The SMILES string of the molecule is [2H]c1c([2H])c([2H])c(C2(NC([2H])([2H])[2H])CC([2H])([2H])C([2H])([2H])C([2H])([2H])C2=O)c(Cl)c1[2H]. The second-order valence-corrected chi connectivity index (χ2v) is 3.53. The van der Waals surface area contributed by atoms with Crippen molar-refractivity contribution in [3.63, 3.8) is 0 Å². The molecule has 0 saturated heterocycles. The average Bonchev–Trinajstić information content (AvgIpc) is 2.54. The van der Waals surface area contributed by atoms with Gasteiger partial charge in [0.2, 0.25) is 0 Å². The van der Waals surface area contributed by atoms with Crippen molar-refractivity contribution in [2.75, 3.05) is 6.98 Å². The summed E-state index contributed by atoms with van der Waals surface area (Å²) in [5, 5.41) is 1.02. The Kier molecular flexibility index (Phi) is 1.02. The molecule has 16 heavy (non-hydrogen) atoms. The van der Waals surface area contributed by atoms with Crippen molar-refractivity contribution in [3.05, 3.63) is 34.8 Å². The largest absolute Gasteiger partial charge is 0.304 e. The molecule has 1 aliphatic rings. The predicted octanol–water partition coefficient (Wildman–Crippen LogP) is 2.90. The lowest BCUT2D eigenvalue weighted by atomic mass is 9.75. The number of halogens is 1. The fourth-order valence-electron chi connectivity index (χ4n) is 1.42. The number of Topliss-reactive ketones (excluding diaryl/α,β-unsaturated/α-hetero) is 1. The van der Waals surface area contributed by atoms with Crippen LogP contribution in [0.2, 0.25) is 5.02 Å². The van der Waals surface area contributed by atoms with Gasteiger partial charge in [-0.05, 0) is 31.4 Å². The number of benzene rings is 1. The predicted molar refractivity (Wildman–Crippen MR) is 65.7 cm³/mol. The zero-order valence-corrected chi connectivity index (χ0v) is 8.75. The molecule has 1 aromatic rings. The molecule has 1 N–H and O–H groups in total. The number of rotatable bonds is 2. The fraction of sp³-hybridized carbons (Fsp3) is 0.462. The lowest BCUT2D eigenvalue weighted by molar-refractivity contribution is -0.127. The number of hydrogen-bond donors (Lipinski definition) is 1. The molecule has 1 unspecified atom stereocenters. The van der Waals surface area contributed by atoms with E-state index in [4.69, 9.17) is 29.4 Å². The maximum Gasteiger partial charge on any atom is 0.157 e. The maximum atomic E-state index is 13.2. The van der Waals surface area contributed by atoms with Crippen LogP contribution >= 0.6 is 11.6 Å². The molecule has 1 fully saturated rings. The molecule has 0 spiro atoms. The van der Waals surface area contributed by atoms with E-state index in [1.165, 1.54) is 0 Å². The first-order valence-electron chi connectivity index (χ1n) is 10.9. The van der Waals surface area contributed by atoms with Gasteiger partial charge in [0.15, 0.2) is 5.78 Å². The Morgan fingerprint density at radius 2 is 2.38 bits per heavy atom. The Bertz CT molecular complexity index is 851. The molecular weight excluding hydrogens is 222 g/mol. The third kappa shape index (κ3) is 1.76. The first-order valence-corrected chi connectivity index (χ1v) is 4.73. The number of hydrogen-bond acceptors (Lipinski definition) is 2. The van der Waals surface area contributed by atoms with Gasteiger partial charge in [-0.2, -0.15) is 0 Å². The highest BCUT2D eigenvalue weighted by Crippen LogP contribution is 2.37. The van der Waals surface area contributed by atoms with E-state index in [1.54, 1.807) is 0 Å². The molecule has 0 heterocycles. The van der Waals surface area contributed by atoms with Crippen LogP contribution in [-0.4, -0.2) is 12.8 Å². The summed E-state index contributed by atoms with van der Waals surface area (Å²) < 4.78 is 101. The van der Waals surface area contributed by atoms with E-state index >= 15 is 0 Å². The smallest absolute Gasteiger partial charge is 0.157 e. The molecule has 0 aliphatic heterocycles. The van der Waals surface area contributed by atoms with Crippen molar-refractivity contribution >= 4 is 17.4 Å². The van der Waals surface area contributed by atoms with Gasteiger partial charge in [-0.3, -0.25) is 4.79 Å². The molecular formula is C13H16ClNO. The minimum Gasteiger partial charge on any atom is -0.304 e. The van der Waals surface area contributed by atoms with Gasteiger partial charge in [-0.25, -0.2) is 0 Å². The fourth-order valence-corrected chi connectivity index (χ4v) is 1.68. The van der Waals surface area contributed by atoms with Crippen molar-refractivity contribution in [1.82, 2.24) is 5.32 Å². The van der Waals surface area contributed by atoms with Crippen molar-refractivity contribution < 1.29 is 22.6 Å². The van der Waals surface area contributed by atoms with Crippen LogP contribution in [0.25, 0.3) is 0 Å². The van der Waals surface area contributed by atoms with Crippen LogP contribution in [0, 0.1) is 0 Å². The minimum absolute atomic E-state index is 0.794. The van der Waals surface area contributed by atoms with Gasteiger partial charge in [0.1, 0.15) is 5.54 Å². The molecule has 2 nitrogen and oxygen atoms in total. The van der Waals surface area contributed by atoms with E-state index in [-0.39, 0.29) is 0 Å². The number of carbonyl (C=O) groups excluding carboxylic acids is 1. The van der Waals surface area contributed by atoms with E-state index in [0.29, 0.717) is 0 Å². The Morgan fingerprint density at radius 1 is 1.56 bits per heavy atom. The van der Waals surface area contributed by atoms with Crippen LogP contribution in [0.5, 0.6) is 0 Å². The highest BCUT2D eigenvalue weighted by atomic mass is 35.5. The molecule has 0 radical (unpaired) electrons. The Balaban J connectivity index is 3.02. The molecule has 3 heteroatoms. The number of ketones is 1. The summed E-state index contributed by atoms with van der Waals surface area (Å²) >= 11 is 6.02. The van der Waals surface area contributed by atoms with Crippen molar-refractivity contribution in [1.29, 1.82) is 0 Å².